The number of halogens is 3. The molecule has 0 spiro atoms. The van der Waals surface area contributed by atoms with Crippen molar-refractivity contribution in [3.05, 3.63) is 35.4 Å². The van der Waals surface area contributed by atoms with Gasteiger partial charge in [0.2, 0.25) is 0 Å². The van der Waals surface area contributed by atoms with Gasteiger partial charge in [-0.3, -0.25) is 4.74 Å². The Morgan fingerprint density at radius 2 is 1.57 bits per heavy atom. The number of alkyl halides is 3. The highest BCUT2D eigenvalue weighted by Gasteiger charge is 2.28. The largest absolute Gasteiger partial charge is 0.522 e. The first-order chi connectivity index (χ1) is 6.51. The van der Waals surface area contributed by atoms with E-state index in [1.165, 1.54) is 12.1 Å². The maximum absolute atomic E-state index is 11.6. The van der Waals surface area contributed by atoms with Crippen LogP contribution in [0, 0.1) is 0 Å². The standard InChI is InChI=1S/C9H9F3O2/c10-9(11,12)14-6-8-3-1-7(5-13)2-4-8/h1-4,13H,5-6H2. The zero-order chi connectivity index (χ0) is 10.6. The Morgan fingerprint density at radius 1 is 1.07 bits per heavy atom. The summed E-state index contributed by atoms with van der Waals surface area (Å²) in [6.45, 7) is -0.629. The van der Waals surface area contributed by atoms with Gasteiger partial charge >= 0.3 is 6.36 Å². The molecule has 0 saturated carbocycles. The quantitative estimate of drug-likeness (QED) is 0.821. The Hall–Kier alpha value is -1.07. The lowest BCUT2D eigenvalue weighted by molar-refractivity contribution is -0.330. The van der Waals surface area contributed by atoms with Gasteiger partial charge in [-0.25, -0.2) is 0 Å². The SMILES string of the molecule is OCc1ccc(COC(F)(F)F)cc1. The average Bonchev–Trinajstić information content (AvgIpc) is 2.14. The summed E-state index contributed by atoms with van der Waals surface area (Å²) in [6.07, 6.45) is -4.60. The van der Waals surface area contributed by atoms with Gasteiger partial charge in [0.15, 0.2) is 0 Å². The number of hydrogen-bond acceptors (Lipinski definition) is 2. The predicted octanol–water partition coefficient (Wildman–Crippen LogP) is 2.22. The maximum atomic E-state index is 11.6. The molecule has 2 nitrogen and oxygen atoms in total. The van der Waals surface area contributed by atoms with Gasteiger partial charge in [-0.15, -0.1) is 13.2 Å². The zero-order valence-corrected chi connectivity index (χ0v) is 7.21. The molecule has 0 amide bonds. The molecule has 1 N–H and O–H groups in total. The molecular formula is C9H9F3O2. The molecule has 1 aromatic rings. The highest BCUT2D eigenvalue weighted by molar-refractivity contribution is 5.21. The van der Waals surface area contributed by atoms with E-state index in [-0.39, 0.29) is 6.61 Å². The lowest BCUT2D eigenvalue weighted by Crippen LogP contribution is -2.12. The van der Waals surface area contributed by atoms with Crippen LogP contribution in [0.3, 0.4) is 0 Å². The molecule has 0 aromatic heterocycles. The van der Waals surface area contributed by atoms with E-state index in [4.69, 9.17) is 5.11 Å². The van der Waals surface area contributed by atoms with E-state index in [9.17, 15) is 13.2 Å². The van der Waals surface area contributed by atoms with Gasteiger partial charge in [-0.2, -0.15) is 0 Å². The molecule has 0 fully saturated rings. The van der Waals surface area contributed by atoms with Gasteiger partial charge in [0.25, 0.3) is 0 Å². The van der Waals surface area contributed by atoms with Crippen LogP contribution in [-0.2, 0) is 18.0 Å². The number of aliphatic hydroxyl groups excluding tert-OH is 1. The molecule has 1 aromatic carbocycles. The van der Waals surface area contributed by atoms with Crippen LogP contribution in [0.5, 0.6) is 0 Å². The van der Waals surface area contributed by atoms with Gasteiger partial charge in [-0.05, 0) is 11.1 Å². The van der Waals surface area contributed by atoms with Crippen LogP contribution in [0.15, 0.2) is 24.3 Å². The second-order valence-electron chi connectivity index (χ2n) is 2.71. The summed E-state index contributed by atoms with van der Waals surface area (Å²) < 4.78 is 38.5. The molecule has 0 heterocycles. The Kier molecular flexibility index (Phi) is 3.49. The average molecular weight is 206 g/mol. The minimum atomic E-state index is -4.60. The molecule has 78 valence electrons. The van der Waals surface area contributed by atoms with E-state index < -0.39 is 13.0 Å². The van der Waals surface area contributed by atoms with Crippen molar-refractivity contribution in [1.29, 1.82) is 0 Å². The fourth-order valence-electron chi connectivity index (χ4n) is 0.906. The number of rotatable bonds is 3. The van der Waals surface area contributed by atoms with Crippen LogP contribution < -0.4 is 0 Å². The molecule has 0 atom stereocenters. The molecule has 5 heteroatoms. The number of aliphatic hydroxyl groups is 1. The second kappa shape index (κ2) is 4.43. The van der Waals surface area contributed by atoms with Crippen molar-refractivity contribution in [3.63, 3.8) is 0 Å². The fraction of sp³-hybridized carbons (Fsp3) is 0.333. The summed E-state index contributed by atoms with van der Waals surface area (Å²) >= 11 is 0. The minimum Gasteiger partial charge on any atom is -0.392 e. The molecule has 0 bridgehead atoms. The van der Waals surface area contributed by atoms with Gasteiger partial charge < -0.3 is 5.11 Å². The first-order valence-corrected chi connectivity index (χ1v) is 3.90. The van der Waals surface area contributed by atoms with E-state index in [2.05, 4.69) is 4.74 Å². The summed E-state index contributed by atoms with van der Waals surface area (Å²) in [7, 11) is 0. The van der Waals surface area contributed by atoms with Gasteiger partial charge in [0.1, 0.15) is 0 Å². The second-order valence-corrected chi connectivity index (χ2v) is 2.71. The van der Waals surface area contributed by atoms with E-state index in [1.807, 2.05) is 0 Å². The van der Waals surface area contributed by atoms with Crippen molar-refractivity contribution >= 4 is 0 Å². The van der Waals surface area contributed by atoms with Crippen LogP contribution in [0.4, 0.5) is 13.2 Å². The van der Waals surface area contributed by atoms with Crippen molar-refractivity contribution in [3.8, 4) is 0 Å². The molecule has 0 saturated heterocycles. The molecular weight excluding hydrogens is 197 g/mol. The van der Waals surface area contributed by atoms with Crippen molar-refractivity contribution in [2.24, 2.45) is 0 Å². The van der Waals surface area contributed by atoms with Gasteiger partial charge in [0.05, 0.1) is 13.2 Å². The summed E-state index contributed by atoms with van der Waals surface area (Å²) in [4.78, 5) is 0. The van der Waals surface area contributed by atoms with Crippen LogP contribution in [0.2, 0.25) is 0 Å². The monoisotopic (exact) mass is 206 g/mol. The minimum absolute atomic E-state index is 0.125. The Balaban J connectivity index is 2.52. The third kappa shape index (κ3) is 3.76. The summed E-state index contributed by atoms with van der Waals surface area (Å²) in [5, 5.41) is 8.68. The lowest BCUT2D eigenvalue weighted by atomic mass is 10.1. The normalized spacial score (nSPS) is 11.7. The van der Waals surface area contributed by atoms with Crippen LogP contribution >= 0.6 is 0 Å². The van der Waals surface area contributed by atoms with Crippen LogP contribution in [0.25, 0.3) is 0 Å². The molecule has 0 radical (unpaired) electrons. The predicted molar refractivity (Wildman–Crippen MR) is 43.2 cm³/mol. The smallest absolute Gasteiger partial charge is 0.392 e. The highest BCUT2D eigenvalue weighted by atomic mass is 19.4. The molecule has 14 heavy (non-hydrogen) atoms. The zero-order valence-electron chi connectivity index (χ0n) is 7.21. The van der Waals surface area contributed by atoms with Crippen LogP contribution in [-0.4, -0.2) is 11.5 Å². The van der Waals surface area contributed by atoms with E-state index >= 15 is 0 Å². The van der Waals surface area contributed by atoms with Crippen LogP contribution in [0.1, 0.15) is 11.1 Å². The molecule has 0 unspecified atom stereocenters. The Labute approximate surface area is 78.9 Å². The third-order valence-corrected chi connectivity index (χ3v) is 1.61. The van der Waals surface area contributed by atoms with Crippen molar-refractivity contribution in [1.82, 2.24) is 0 Å². The Morgan fingerprint density at radius 3 is 2.00 bits per heavy atom. The highest BCUT2D eigenvalue weighted by Crippen LogP contribution is 2.18. The maximum Gasteiger partial charge on any atom is 0.522 e. The number of benzene rings is 1. The lowest BCUT2D eigenvalue weighted by Gasteiger charge is -2.07. The summed E-state index contributed by atoms with van der Waals surface area (Å²) in [6, 6.07) is 6.07. The molecule has 0 aliphatic heterocycles. The number of hydrogen-bond donors (Lipinski definition) is 1. The Bertz CT molecular complexity index is 279. The topological polar surface area (TPSA) is 29.5 Å². The summed E-state index contributed by atoms with van der Waals surface area (Å²) in [5.74, 6) is 0. The van der Waals surface area contributed by atoms with E-state index in [1.54, 1.807) is 12.1 Å². The first-order valence-electron chi connectivity index (χ1n) is 3.90. The molecule has 1 rings (SSSR count). The van der Waals surface area contributed by atoms with Crippen molar-refractivity contribution < 1.29 is 23.0 Å². The van der Waals surface area contributed by atoms with Crippen molar-refractivity contribution in [2.75, 3.05) is 0 Å². The third-order valence-electron chi connectivity index (χ3n) is 1.61. The van der Waals surface area contributed by atoms with Gasteiger partial charge in [-0.1, -0.05) is 24.3 Å². The first kappa shape index (κ1) is 11.0. The molecule has 0 aliphatic rings. The molecule has 0 aliphatic carbocycles. The van der Waals surface area contributed by atoms with Gasteiger partial charge in [0, 0.05) is 0 Å². The fourth-order valence-corrected chi connectivity index (χ4v) is 0.906. The van der Waals surface area contributed by atoms with Crippen molar-refractivity contribution in [2.45, 2.75) is 19.6 Å². The number of ether oxygens (including phenoxy) is 1. The van der Waals surface area contributed by atoms with E-state index in [0.717, 1.165) is 0 Å². The summed E-state index contributed by atoms with van der Waals surface area (Å²) in [5.41, 5.74) is 1.07. The van der Waals surface area contributed by atoms with E-state index in [0.29, 0.717) is 11.1 Å².